The molecular formula is C17H12BrN3O3. The molecule has 2 aromatic carbocycles. The fourth-order valence-electron chi connectivity index (χ4n) is 2.05. The molecule has 0 saturated heterocycles. The minimum absolute atomic E-state index is 0.0363. The first-order valence-electron chi connectivity index (χ1n) is 7.01. The fourth-order valence-corrected chi connectivity index (χ4v) is 2.45. The van der Waals surface area contributed by atoms with Crippen molar-refractivity contribution in [1.82, 2.24) is 0 Å². The summed E-state index contributed by atoms with van der Waals surface area (Å²) in [5.74, 6) is 1.34. The molecule has 3 aromatic rings. The van der Waals surface area contributed by atoms with Crippen LogP contribution in [0, 0.1) is 10.1 Å². The van der Waals surface area contributed by atoms with Crippen molar-refractivity contribution in [2.75, 3.05) is 5.43 Å². The van der Waals surface area contributed by atoms with Gasteiger partial charge in [-0.1, -0.05) is 28.1 Å². The van der Waals surface area contributed by atoms with E-state index in [2.05, 4.69) is 26.5 Å². The summed E-state index contributed by atoms with van der Waals surface area (Å²) in [7, 11) is 0. The topological polar surface area (TPSA) is 80.7 Å². The second-order valence-electron chi connectivity index (χ2n) is 4.89. The molecule has 7 heteroatoms. The normalized spacial score (nSPS) is 10.9. The van der Waals surface area contributed by atoms with E-state index in [4.69, 9.17) is 4.42 Å². The number of nitrogens with one attached hydrogen (secondary N) is 1. The summed E-state index contributed by atoms with van der Waals surface area (Å²) in [6.07, 6.45) is 1.54. The fraction of sp³-hybridized carbons (Fsp3) is 0. The van der Waals surface area contributed by atoms with E-state index in [1.165, 1.54) is 12.1 Å². The lowest BCUT2D eigenvalue weighted by molar-refractivity contribution is -0.384. The number of rotatable bonds is 5. The predicted molar refractivity (Wildman–Crippen MR) is 96.2 cm³/mol. The van der Waals surface area contributed by atoms with Gasteiger partial charge in [-0.25, -0.2) is 0 Å². The lowest BCUT2D eigenvalue weighted by atomic mass is 10.2. The van der Waals surface area contributed by atoms with E-state index < -0.39 is 4.92 Å². The number of nitrogens with zero attached hydrogens (tertiary/aromatic N) is 2. The third-order valence-electron chi connectivity index (χ3n) is 3.20. The molecule has 0 atom stereocenters. The molecule has 1 N–H and O–H groups in total. The van der Waals surface area contributed by atoms with E-state index in [-0.39, 0.29) is 5.69 Å². The standard InChI is InChI=1S/C17H12BrN3O3/c18-13-3-1-2-12(10-13)17-9-8-16(24-17)11-19-20-14-4-6-15(7-5-14)21(22)23/h1-11,20H/b19-11-. The number of halogens is 1. The van der Waals surface area contributed by atoms with Crippen LogP contribution in [0.25, 0.3) is 11.3 Å². The number of benzene rings is 2. The van der Waals surface area contributed by atoms with Gasteiger partial charge in [0.1, 0.15) is 11.5 Å². The summed E-state index contributed by atoms with van der Waals surface area (Å²) < 4.78 is 6.69. The van der Waals surface area contributed by atoms with Gasteiger partial charge >= 0.3 is 0 Å². The molecule has 0 bridgehead atoms. The Labute approximate surface area is 146 Å². The molecule has 1 aromatic heterocycles. The summed E-state index contributed by atoms with van der Waals surface area (Å²) in [4.78, 5) is 10.1. The van der Waals surface area contributed by atoms with Gasteiger partial charge in [0.2, 0.25) is 0 Å². The molecule has 0 aliphatic carbocycles. The minimum atomic E-state index is -0.445. The van der Waals surface area contributed by atoms with Gasteiger partial charge in [-0.05, 0) is 36.4 Å². The zero-order chi connectivity index (χ0) is 16.9. The molecule has 1 heterocycles. The third-order valence-corrected chi connectivity index (χ3v) is 3.69. The summed E-state index contributed by atoms with van der Waals surface area (Å²) in [6.45, 7) is 0. The summed E-state index contributed by atoms with van der Waals surface area (Å²) >= 11 is 3.43. The summed E-state index contributed by atoms with van der Waals surface area (Å²) in [6, 6.07) is 17.5. The molecule has 0 spiro atoms. The molecule has 0 aliphatic rings. The Kier molecular flexibility index (Phi) is 4.72. The monoisotopic (exact) mass is 385 g/mol. The molecule has 0 saturated carbocycles. The van der Waals surface area contributed by atoms with E-state index in [1.54, 1.807) is 18.3 Å². The zero-order valence-corrected chi connectivity index (χ0v) is 13.9. The van der Waals surface area contributed by atoms with Crippen LogP contribution >= 0.6 is 15.9 Å². The SMILES string of the molecule is O=[N+]([O-])c1ccc(N/N=C\c2ccc(-c3cccc(Br)c3)o2)cc1. The van der Waals surface area contributed by atoms with Crippen LogP contribution in [0.3, 0.4) is 0 Å². The van der Waals surface area contributed by atoms with E-state index in [0.29, 0.717) is 11.4 Å². The molecular weight excluding hydrogens is 374 g/mol. The molecule has 0 amide bonds. The maximum Gasteiger partial charge on any atom is 0.269 e. The second-order valence-corrected chi connectivity index (χ2v) is 5.80. The van der Waals surface area contributed by atoms with Crippen LogP contribution in [-0.2, 0) is 0 Å². The lowest BCUT2D eigenvalue weighted by Gasteiger charge is -1.99. The predicted octanol–water partition coefficient (Wildman–Crippen LogP) is 5.06. The maximum atomic E-state index is 10.6. The highest BCUT2D eigenvalue weighted by Crippen LogP contribution is 2.24. The number of non-ortho nitro benzene ring substituents is 1. The Morgan fingerprint density at radius 3 is 2.62 bits per heavy atom. The van der Waals surface area contributed by atoms with Gasteiger partial charge in [-0.2, -0.15) is 5.10 Å². The number of furan rings is 1. The van der Waals surface area contributed by atoms with E-state index in [9.17, 15) is 10.1 Å². The van der Waals surface area contributed by atoms with Crippen molar-refractivity contribution in [1.29, 1.82) is 0 Å². The number of hydrogen-bond donors (Lipinski definition) is 1. The van der Waals surface area contributed by atoms with Crippen molar-refractivity contribution in [3.8, 4) is 11.3 Å². The second kappa shape index (κ2) is 7.10. The van der Waals surface area contributed by atoms with Gasteiger partial charge in [0.05, 0.1) is 16.8 Å². The van der Waals surface area contributed by atoms with Crippen molar-refractivity contribution in [2.45, 2.75) is 0 Å². The molecule has 0 fully saturated rings. The molecule has 6 nitrogen and oxygen atoms in total. The van der Waals surface area contributed by atoms with Crippen LogP contribution in [0.5, 0.6) is 0 Å². The molecule has 3 rings (SSSR count). The number of nitro benzene ring substituents is 1. The Balaban J connectivity index is 1.66. The van der Waals surface area contributed by atoms with Gasteiger partial charge in [-0.15, -0.1) is 0 Å². The van der Waals surface area contributed by atoms with Gasteiger partial charge in [0.15, 0.2) is 0 Å². The number of anilines is 1. The highest BCUT2D eigenvalue weighted by Gasteiger charge is 2.04. The highest BCUT2D eigenvalue weighted by molar-refractivity contribution is 9.10. The number of hydrogen-bond acceptors (Lipinski definition) is 5. The van der Waals surface area contributed by atoms with E-state index in [1.807, 2.05) is 36.4 Å². The van der Waals surface area contributed by atoms with Crippen molar-refractivity contribution < 1.29 is 9.34 Å². The first-order valence-corrected chi connectivity index (χ1v) is 7.80. The number of hydrazone groups is 1. The Hall–Kier alpha value is -2.93. The highest BCUT2D eigenvalue weighted by atomic mass is 79.9. The first-order chi connectivity index (χ1) is 11.6. The van der Waals surface area contributed by atoms with Crippen molar-refractivity contribution in [3.05, 3.63) is 81.0 Å². The minimum Gasteiger partial charge on any atom is -0.455 e. The van der Waals surface area contributed by atoms with Crippen molar-refractivity contribution in [3.63, 3.8) is 0 Å². The molecule has 0 unspecified atom stereocenters. The van der Waals surface area contributed by atoms with Gasteiger partial charge in [0, 0.05) is 22.2 Å². The Morgan fingerprint density at radius 1 is 1.12 bits per heavy atom. The largest absolute Gasteiger partial charge is 0.455 e. The van der Waals surface area contributed by atoms with Gasteiger partial charge in [-0.3, -0.25) is 15.5 Å². The maximum absolute atomic E-state index is 10.6. The van der Waals surface area contributed by atoms with E-state index >= 15 is 0 Å². The summed E-state index contributed by atoms with van der Waals surface area (Å²) in [5, 5.41) is 14.7. The Bertz CT molecular complexity index is 888. The van der Waals surface area contributed by atoms with Crippen LogP contribution in [0.15, 0.2) is 74.7 Å². The molecule has 0 aliphatic heterocycles. The molecule has 120 valence electrons. The first kappa shape index (κ1) is 15.9. The third kappa shape index (κ3) is 3.88. The van der Waals surface area contributed by atoms with Crippen LogP contribution < -0.4 is 5.43 Å². The quantitative estimate of drug-likeness (QED) is 0.377. The van der Waals surface area contributed by atoms with Crippen LogP contribution in [-0.4, -0.2) is 11.1 Å². The average Bonchev–Trinajstić information content (AvgIpc) is 3.04. The number of nitro groups is 1. The molecule has 24 heavy (non-hydrogen) atoms. The van der Waals surface area contributed by atoms with Crippen LogP contribution in [0.2, 0.25) is 0 Å². The summed E-state index contributed by atoms with van der Waals surface area (Å²) in [5.41, 5.74) is 4.45. The van der Waals surface area contributed by atoms with Crippen LogP contribution in [0.1, 0.15) is 5.76 Å². The van der Waals surface area contributed by atoms with Gasteiger partial charge < -0.3 is 4.42 Å². The lowest BCUT2D eigenvalue weighted by Crippen LogP contribution is -1.91. The van der Waals surface area contributed by atoms with Crippen molar-refractivity contribution in [2.24, 2.45) is 5.10 Å². The zero-order valence-electron chi connectivity index (χ0n) is 12.3. The van der Waals surface area contributed by atoms with Crippen molar-refractivity contribution >= 4 is 33.5 Å². The molecule has 0 radical (unpaired) electrons. The smallest absolute Gasteiger partial charge is 0.269 e. The van der Waals surface area contributed by atoms with Crippen LogP contribution in [0.4, 0.5) is 11.4 Å². The van der Waals surface area contributed by atoms with E-state index in [0.717, 1.165) is 15.8 Å². The van der Waals surface area contributed by atoms with Gasteiger partial charge in [0.25, 0.3) is 5.69 Å². The average molecular weight is 386 g/mol. The Morgan fingerprint density at radius 2 is 1.92 bits per heavy atom.